The van der Waals surface area contributed by atoms with E-state index in [0.717, 1.165) is 28.6 Å². The van der Waals surface area contributed by atoms with E-state index < -0.39 is 5.97 Å². The number of para-hydroxylation sites is 1. The van der Waals surface area contributed by atoms with Crippen LogP contribution in [0.5, 0.6) is 5.75 Å². The Morgan fingerprint density at radius 3 is 2.96 bits per heavy atom. The van der Waals surface area contributed by atoms with Crippen LogP contribution in [-0.2, 0) is 11.2 Å². The lowest BCUT2D eigenvalue weighted by Gasteiger charge is -2.11. The molecule has 2 N–H and O–H groups in total. The van der Waals surface area contributed by atoms with Gasteiger partial charge in [0.25, 0.3) is 0 Å². The Kier molecular flexibility index (Phi) is 4.28. The van der Waals surface area contributed by atoms with Gasteiger partial charge in [-0.3, -0.25) is 4.79 Å². The maximum atomic E-state index is 10.6. The van der Waals surface area contributed by atoms with E-state index in [9.17, 15) is 4.79 Å². The monoisotopic (exact) mass is 310 g/mol. The van der Waals surface area contributed by atoms with Crippen molar-refractivity contribution in [2.24, 2.45) is 0 Å². The molecule has 1 aromatic carbocycles. The maximum absolute atomic E-state index is 10.6. The van der Waals surface area contributed by atoms with Crippen molar-refractivity contribution in [3.63, 3.8) is 0 Å². The molecule has 0 spiro atoms. The fraction of sp³-hybridized carbons (Fsp3) is 0.222. The number of nitrogens with zero attached hydrogens (tertiary/aromatic N) is 1. The number of aromatic nitrogens is 2. The molecule has 0 aliphatic heterocycles. The average molecular weight is 310 g/mol. The number of H-pyrrole nitrogens is 1. The Hall–Kier alpha value is -2.82. The third-order valence-electron chi connectivity index (χ3n) is 3.77. The SMILES string of the molecule is CCc1c[nH]c2ncc(-c3ccccc3OCCC(=O)O)cc12. The minimum absolute atomic E-state index is 0.0244. The van der Waals surface area contributed by atoms with Gasteiger partial charge in [0, 0.05) is 28.9 Å². The first-order chi connectivity index (χ1) is 11.2. The Labute approximate surface area is 133 Å². The normalized spacial score (nSPS) is 10.8. The van der Waals surface area contributed by atoms with Crippen molar-refractivity contribution < 1.29 is 14.6 Å². The van der Waals surface area contributed by atoms with Crippen LogP contribution in [0.3, 0.4) is 0 Å². The van der Waals surface area contributed by atoms with Crippen LogP contribution in [0.4, 0.5) is 0 Å². The van der Waals surface area contributed by atoms with Gasteiger partial charge < -0.3 is 14.8 Å². The van der Waals surface area contributed by atoms with E-state index in [1.807, 2.05) is 30.5 Å². The Balaban J connectivity index is 1.96. The molecule has 0 aliphatic carbocycles. The van der Waals surface area contributed by atoms with Crippen LogP contribution in [0.2, 0.25) is 0 Å². The van der Waals surface area contributed by atoms with Gasteiger partial charge in [0.15, 0.2) is 0 Å². The number of benzene rings is 1. The molecule has 5 nitrogen and oxygen atoms in total. The second-order valence-corrected chi connectivity index (χ2v) is 5.28. The van der Waals surface area contributed by atoms with Gasteiger partial charge in [0.05, 0.1) is 13.0 Å². The molecule has 0 amide bonds. The van der Waals surface area contributed by atoms with Crippen molar-refractivity contribution >= 4 is 17.0 Å². The van der Waals surface area contributed by atoms with Gasteiger partial charge in [0.1, 0.15) is 11.4 Å². The molecule has 0 atom stereocenters. The third kappa shape index (κ3) is 3.18. The fourth-order valence-corrected chi connectivity index (χ4v) is 2.58. The number of aliphatic carboxylic acids is 1. The van der Waals surface area contributed by atoms with Crippen LogP contribution in [0, 0.1) is 0 Å². The standard InChI is InChI=1S/C18H18N2O3/c1-2-12-10-19-18-15(12)9-13(11-20-18)14-5-3-4-6-16(14)23-8-7-17(21)22/h3-6,9-11H,2,7-8H2,1H3,(H,19,20)(H,21,22). The number of hydrogen-bond acceptors (Lipinski definition) is 3. The summed E-state index contributed by atoms with van der Waals surface area (Å²) in [6, 6.07) is 9.70. The summed E-state index contributed by atoms with van der Waals surface area (Å²) >= 11 is 0. The second kappa shape index (κ2) is 6.52. The molecule has 3 aromatic rings. The number of carboxylic acids is 1. The van der Waals surface area contributed by atoms with E-state index in [4.69, 9.17) is 9.84 Å². The third-order valence-corrected chi connectivity index (χ3v) is 3.77. The fourth-order valence-electron chi connectivity index (χ4n) is 2.58. The molecule has 5 heteroatoms. The zero-order chi connectivity index (χ0) is 16.2. The Bertz CT molecular complexity index is 839. The number of pyridine rings is 1. The van der Waals surface area contributed by atoms with Gasteiger partial charge in [0.2, 0.25) is 0 Å². The van der Waals surface area contributed by atoms with E-state index in [1.165, 1.54) is 5.56 Å². The highest BCUT2D eigenvalue weighted by Crippen LogP contribution is 2.31. The van der Waals surface area contributed by atoms with Crippen molar-refractivity contribution in [1.82, 2.24) is 9.97 Å². The molecule has 0 bridgehead atoms. The molecule has 0 aliphatic rings. The van der Waals surface area contributed by atoms with Gasteiger partial charge in [-0.25, -0.2) is 4.98 Å². The predicted molar refractivity (Wildman–Crippen MR) is 88.7 cm³/mol. The molecule has 118 valence electrons. The summed E-state index contributed by atoms with van der Waals surface area (Å²) in [6.07, 6.45) is 4.69. The summed E-state index contributed by atoms with van der Waals surface area (Å²) < 4.78 is 5.64. The van der Waals surface area contributed by atoms with E-state index in [2.05, 4.69) is 23.0 Å². The number of rotatable bonds is 6. The molecule has 0 fully saturated rings. The number of carbonyl (C=O) groups is 1. The minimum Gasteiger partial charge on any atom is -0.492 e. The number of ether oxygens (including phenoxy) is 1. The van der Waals surface area contributed by atoms with Gasteiger partial charge in [-0.1, -0.05) is 25.1 Å². The molecule has 3 rings (SSSR count). The molecule has 0 radical (unpaired) electrons. The quantitative estimate of drug-likeness (QED) is 0.729. The maximum Gasteiger partial charge on any atom is 0.306 e. The molecular formula is C18H18N2O3. The molecule has 0 saturated heterocycles. The van der Waals surface area contributed by atoms with Gasteiger partial charge in [-0.15, -0.1) is 0 Å². The highest BCUT2D eigenvalue weighted by atomic mass is 16.5. The Morgan fingerprint density at radius 1 is 1.35 bits per heavy atom. The molecule has 23 heavy (non-hydrogen) atoms. The Morgan fingerprint density at radius 2 is 2.17 bits per heavy atom. The number of aryl methyl sites for hydroxylation is 1. The summed E-state index contributed by atoms with van der Waals surface area (Å²) in [5.41, 5.74) is 3.96. The lowest BCUT2D eigenvalue weighted by molar-refractivity contribution is -0.137. The number of nitrogens with one attached hydrogen (secondary N) is 1. The lowest BCUT2D eigenvalue weighted by Crippen LogP contribution is -2.05. The molecule has 0 unspecified atom stereocenters. The highest BCUT2D eigenvalue weighted by Gasteiger charge is 2.10. The first-order valence-corrected chi connectivity index (χ1v) is 7.59. The average Bonchev–Trinajstić information content (AvgIpc) is 2.97. The van der Waals surface area contributed by atoms with Gasteiger partial charge in [-0.2, -0.15) is 0 Å². The molecular weight excluding hydrogens is 292 g/mol. The van der Waals surface area contributed by atoms with Crippen LogP contribution >= 0.6 is 0 Å². The number of hydrogen-bond donors (Lipinski definition) is 2. The van der Waals surface area contributed by atoms with Gasteiger partial charge >= 0.3 is 5.97 Å². The van der Waals surface area contributed by atoms with Crippen molar-refractivity contribution in [3.8, 4) is 16.9 Å². The molecule has 0 saturated carbocycles. The smallest absolute Gasteiger partial charge is 0.306 e. The van der Waals surface area contributed by atoms with Crippen molar-refractivity contribution in [1.29, 1.82) is 0 Å². The summed E-state index contributed by atoms with van der Waals surface area (Å²) in [6.45, 7) is 2.25. The van der Waals surface area contributed by atoms with Crippen molar-refractivity contribution in [2.45, 2.75) is 19.8 Å². The van der Waals surface area contributed by atoms with Crippen LogP contribution < -0.4 is 4.74 Å². The van der Waals surface area contributed by atoms with E-state index in [1.54, 1.807) is 6.20 Å². The lowest BCUT2D eigenvalue weighted by atomic mass is 10.0. The van der Waals surface area contributed by atoms with E-state index in [-0.39, 0.29) is 13.0 Å². The van der Waals surface area contributed by atoms with Crippen LogP contribution in [0.15, 0.2) is 42.7 Å². The highest BCUT2D eigenvalue weighted by molar-refractivity contribution is 5.85. The number of carboxylic acid groups (broad SMARTS) is 1. The summed E-state index contributed by atoms with van der Waals surface area (Å²) in [5, 5.41) is 9.84. The topological polar surface area (TPSA) is 75.2 Å². The largest absolute Gasteiger partial charge is 0.492 e. The van der Waals surface area contributed by atoms with Crippen LogP contribution in [-0.4, -0.2) is 27.7 Å². The van der Waals surface area contributed by atoms with Crippen molar-refractivity contribution in [2.75, 3.05) is 6.61 Å². The van der Waals surface area contributed by atoms with Crippen molar-refractivity contribution in [3.05, 3.63) is 48.3 Å². The molecule has 2 heterocycles. The summed E-state index contributed by atoms with van der Waals surface area (Å²) in [4.78, 5) is 18.3. The predicted octanol–water partition coefficient (Wildman–Crippen LogP) is 3.65. The van der Waals surface area contributed by atoms with Crippen LogP contribution in [0.25, 0.3) is 22.2 Å². The first kappa shape index (κ1) is 15.1. The van der Waals surface area contributed by atoms with Crippen LogP contribution in [0.1, 0.15) is 18.9 Å². The van der Waals surface area contributed by atoms with E-state index in [0.29, 0.717) is 5.75 Å². The summed E-state index contributed by atoms with van der Waals surface area (Å²) in [7, 11) is 0. The first-order valence-electron chi connectivity index (χ1n) is 7.59. The number of fused-ring (bicyclic) bond motifs is 1. The van der Waals surface area contributed by atoms with Gasteiger partial charge in [-0.05, 0) is 24.1 Å². The minimum atomic E-state index is -0.870. The number of aromatic amines is 1. The second-order valence-electron chi connectivity index (χ2n) is 5.28. The van der Waals surface area contributed by atoms with E-state index >= 15 is 0 Å². The molecule has 2 aromatic heterocycles. The zero-order valence-corrected chi connectivity index (χ0v) is 12.9. The summed E-state index contributed by atoms with van der Waals surface area (Å²) in [5.74, 6) is -0.200. The zero-order valence-electron chi connectivity index (χ0n) is 12.9.